The van der Waals surface area contributed by atoms with Gasteiger partial charge in [-0.2, -0.15) is 0 Å². The third-order valence-corrected chi connectivity index (χ3v) is 4.03. The number of nitrogens with one attached hydrogen (secondary N) is 2. The van der Waals surface area contributed by atoms with Crippen LogP contribution >= 0.6 is 11.3 Å². The third kappa shape index (κ3) is 3.90. The molecule has 0 aliphatic carbocycles. The molecule has 0 saturated heterocycles. The van der Waals surface area contributed by atoms with E-state index in [0.717, 1.165) is 10.9 Å². The Morgan fingerprint density at radius 2 is 1.96 bits per heavy atom. The third-order valence-electron chi connectivity index (χ3n) is 3.12. The quantitative estimate of drug-likeness (QED) is 0.762. The van der Waals surface area contributed by atoms with Crippen LogP contribution in [0.4, 0.5) is 13.9 Å². The zero-order valence-corrected chi connectivity index (χ0v) is 13.0. The summed E-state index contributed by atoms with van der Waals surface area (Å²) in [6.45, 7) is 0. The van der Waals surface area contributed by atoms with Gasteiger partial charge >= 0.3 is 0 Å². The summed E-state index contributed by atoms with van der Waals surface area (Å²) in [7, 11) is 0. The molecule has 0 atom stereocenters. The maximum atomic E-state index is 13.2. The van der Waals surface area contributed by atoms with E-state index < -0.39 is 17.5 Å². The van der Waals surface area contributed by atoms with Gasteiger partial charge < -0.3 is 4.98 Å². The van der Waals surface area contributed by atoms with Crippen LogP contribution in [0.15, 0.2) is 47.5 Å². The van der Waals surface area contributed by atoms with Gasteiger partial charge in [-0.25, -0.2) is 13.8 Å². The molecule has 8 heteroatoms. The largest absolute Gasteiger partial charge is 0.328 e. The Kier molecular flexibility index (Phi) is 4.48. The summed E-state index contributed by atoms with van der Waals surface area (Å²) < 4.78 is 26.4. The van der Waals surface area contributed by atoms with E-state index in [2.05, 4.69) is 15.3 Å². The van der Waals surface area contributed by atoms with E-state index in [9.17, 15) is 18.4 Å². The van der Waals surface area contributed by atoms with Crippen molar-refractivity contribution in [3.8, 4) is 0 Å². The van der Waals surface area contributed by atoms with Crippen molar-refractivity contribution in [3.63, 3.8) is 0 Å². The molecule has 3 rings (SSSR count). The Balaban J connectivity index is 1.70. The minimum absolute atomic E-state index is 0.290. The molecule has 0 aliphatic heterocycles. The lowest BCUT2D eigenvalue weighted by atomic mass is 10.1. The van der Waals surface area contributed by atoms with E-state index in [-0.39, 0.29) is 5.56 Å². The van der Waals surface area contributed by atoms with Crippen LogP contribution in [0.1, 0.15) is 20.8 Å². The number of hydrogen-bond donors (Lipinski definition) is 2. The number of carbonyl (C=O) groups is 1. The molecule has 0 saturated carbocycles. The van der Waals surface area contributed by atoms with Crippen molar-refractivity contribution in [3.05, 3.63) is 80.7 Å². The Morgan fingerprint density at radius 1 is 1.21 bits per heavy atom. The number of aromatic nitrogens is 2. The van der Waals surface area contributed by atoms with Gasteiger partial charge in [-0.15, -0.1) is 11.3 Å². The standard InChI is InChI=1S/C16H11F2N3O2S/c17-11-3-9(4-12(18)6-11)5-13-8-20-16(24-13)21-15(23)10-1-2-14(22)19-7-10/h1-4,6-8H,5H2,(H,19,22)(H,20,21,23). The predicted octanol–water partition coefficient (Wildman–Crippen LogP) is 2.95. The van der Waals surface area contributed by atoms with Gasteiger partial charge in [-0.1, -0.05) is 0 Å². The summed E-state index contributed by atoms with van der Waals surface area (Å²) in [5, 5.41) is 2.96. The Bertz CT molecular complexity index is 912. The topological polar surface area (TPSA) is 74.8 Å². The Labute approximate surface area is 139 Å². The molecule has 0 spiro atoms. The van der Waals surface area contributed by atoms with Gasteiger partial charge in [0.05, 0.1) is 5.56 Å². The molecular formula is C16H11F2N3O2S. The molecule has 3 aromatic rings. The number of H-pyrrole nitrogens is 1. The second-order valence-corrected chi connectivity index (χ2v) is 6.10. The fourth-order valence-electron chi connectivity index (χ4n) is 2.08. The van der Waals surface area contributed by atoms with Crippen molar-refractivity contribution in [2.75, 3.05) is 5.32 Å². The molecule has 0 aliphatic rings. The van der Waals surface area contributed by atoms with E-state index in [4.69, 9.17) is 0 Å². The van der Waals surface area contributed by atoms with Crippen LogP contribution in [0.2, 0.25) is 0 Å². The second-order valence-electron chi connectivity index (χ2n) is 4.98. The molecule has 5 nitrogen and oxygen atoms in total. The number of aromatic amines is 1. The summed E-state index contributed by atoms with van der Waals surface area (Å²) in [4.78, 5) is 30.2. The van der Waals surface area contributed by atoms with Crippen molar-refractivity contribution in [1.29, 1.82) is 0 Å². The van der Waals surface area contributed by atoms with Crippen LogP contribution in [0.25, 0.3) is 0 Å². The lowest BCUT2D eigenvalue weighted by Gasteiger charge is -2.01. The Morgan fingerprint density at radius 3 is 2.62 bits per heavy atom. The molecular weight excluding hydrogens is 336 g/mol. The first-order valence-electron chi connectivity index (χ1n) is 6.89. The number of thiazole rings is 1. The van der Waals surface area contributed by atoms with Crippen LogP contribution in [-0.4, -0.2) is 15.9 Å². The molecule has 0 radical (unpaired) electrons. The average molecular weight is 347 g/mol. The normalized spacial score (nSPS) is 10.6. The van der Waals surface area contributed by atoms with Gasteiger partial charge in [0.15, 0.2) is 5.13 Å². The number of carbonyl (C=O) groups excluding carboxylic acids is 1. The minimum atomic E-state index is -0.638. The van der Waals surface area contributed by atoms with Gasteiger partial charge in [0, 0.05) is 35.8 Å². The number of benzene rings is 1. The Hall–Kier alpha value is -2.87. The highest BCUT2D eigenvalue weighted by molar-refractivity contribution is 7.15. The molecule has 24 heavy (non-hydrogen) atoms. The van der Waals surface area contributed by atoms with Crippen molar-refractivity contribution in [2.45, 2.75) is 6.42 Å². The average Bonchev–Trinajstić information content (AvgIpc) is 2.93. The van der Waals surface area contributed by atoms with E-state index in [1.165, 1.54) is 48.0 Å². The van der Waals surface area contributed by atoms with E-state index in [1.807, 2.05) is 0 Å². The first kappa shape index (κ1) is 16.0. The van der Waals surface area contributed by atoms with Crippen LogP contribution in [0, 0.1) is 11.6 Å². The van der Waals surface area contributed by atoms with E-state index >= 15 is 0 Å². The highest BCUT2D eigenvalue weighted by Gasteiger charge is 2.10. The molecule has 2 N–H and O–H groups in total. The molecule has 1 amide bonds. The minimum Gasteiger partial charge on any atom is -0.328 e. The van der Waals surface area contributed by atoms with Crippen molar-refractivity contribution in [1.82, 2.24) is 9.97 Å². The van der Waals surface area contributed by atoms with Crippen LogP contribution in [-0.2, 0) is 6.42 Å². The SMILES string of the molecule is O=C(Nc1ncc(Cc2cc(F)cc(F)c2)s1)c1ccc(=O)[nH]c1. The van der Waals surface area contributed by atoms with Gasteiger partial charge in [-0.05, 0) is 23.8 Å². The van der Waals surface area contributed by atoms with Crippen LogP contribution < -0.4 is 10.9 Å². The lowest BCUT2D eigenvalue weighted by Crippen LogP contribution is -2.14. The number of rotatable bonds is 4. The first-order chi connectivity index (χ1) is 11.5. The maximum Gasteiger partial charge on any atom is 0.258 e. The summed E-state index contributed by atoms with van der Waals surface area (Å²) in [5.41, 5.74) is 0.471. The second kappa shape index (κ2) is 6.71. The fraction of sp³-hybridized carbons (Fsp3) is 0.0625. The number of anilines is 1. The smallest absolute Gasteiger partial charge is 0.258 e. The van der Waals surface area contributed by atoms with Crippen molar-refractivity contribution in [2.24, 2.45) is 0 Å². The molecule has 2 heterocycles. The van der Waals surface area contributed by atoms with Gasteiger partial charge in [-0.3, -0.25) is 14.9 Å². The zero-order valence-electron chi connectivity index (χ0n) is 12.2. The molecule has 0 fully saturated rings. The molecule has 122 valence electrons. The monoisotopic (exact) mass is 347 g/mol. The van der Waals surface area contributed by atoms with Gasteiger partial charge in [0.2, 0.25) is 5.56 Å². The van der Waals surface area contributed by atoms with Crippen molar-refractivity contribution < 1.29 is 13.6 Å². The summed E-state index contributed by atoms with van der Waals surface area (Å²) in [6.07, 6.45) is 3.15. The molecule has 2 aromatic heterocycles. The predicted molar refractivity (Wildman–Crippen MR) is 86.3 cm³/mol. The van der Waals surface area contributed by atoms with Gasteiger partial charge in [0.25, 0.3) is 5.91 Å². The van der Waals surface area contributed by atoms with E-state index in [0.29, 0.717) is 22.7 Å². The number of halogens is 2. The molecule has 1 aromatic carbocycles. The van der Waals surface area contributed by atoms with Crippen molar-refractivity contribution >= 4 is 22.4 Å². The lowest BCUT2D eigenvalue weighted by molar-refractivity contribution is 0.102. The first-order valence-corrected chi connectivity index (χ1v) is 7.71. The highest BCUT2D eigenvalue weighted by atomic mass is 32.1. The van der Waals surface area contributed by atoms with Gasteiger partial charge in [0.1, 0.15) is 11.6 Å². The number of amides is 1. The molecule has 0 bridgehead atoms. The zero-order chi connectivity index (χ0) is 17.1. The molecule has 0 unspecified atom stereocenters. The van der Waals surface area contributed by atoms with Crippen LogP contribution in [0.5, 0.6) is 0 Å². The summed E-state index contributed by atoms with van der Waals surface area (Å²) >= 11 is 1.21. The van der Waals surface area contributed by atoms with Crippen LogP contribution in [0.3, 0.4) is 0 Å². The number of nitrogens with zero attached hydrogens (tertiary/aromatic N) is 1. The summed E-state index contributed by atoms with van der Waals surface area (Å²) in [6, 6.07) is 5.97. The maximum absolute atomic E-state index is 13.2. The number of pyridine rings is 1. The van der Waals surface area contributed by atoms with E-state index in [1.54, 1.807) is 0 Å². The highest BCUT2D eigenvalue weighted by Crippen LogP contribution is 2.22. The fourth-order valence-corrected chi connectivity index (χ4v) is 2.92. The summed E-state index contributed by atoms with van der Waals surface area (Å²) in [5.74, 6) is -1.69. The number of hydrogen-bond acceptors (Lipinski definition) is 4.